The summed E-state index contributed by atoms with van der Waals surface area (Å²) in [5.41, 5.74) is 3.31. The van der Waals surface area contributed by atoms with Crippen LogP contribution in [-0.4, -0.2) is 62.6 Å². The van der Waals surface area contributed by atoms with Crippen LogP contribution in [-0.2, 0) is 30.8 Å². The first-order valence-corrected chi connectivity index (χ1v) is 14.5. The van der Waals surface area contributed by atoms with Gasteiger partial charge in [-0.25, -0.2) is 18.7 Å². The highest BCUT2D eigenvalue weighted by Crippen LogP contribution is 2.28. The number of nitrogens with one attached hydrogen (secondary N) is 1. The van der Waals surface area contributed by atoms with Gasteiger partial charge >= 0.3 is 6.47 Å². The Bertz CT molecular complexity index is 1630. The van der Waals surface area contributed by atoms with Gasteiger partial charge in [0.15, 0.2) is 0 Å². The van der Waals surface area contributed by atoms with E-state index in [0.717, 1.165) is 57.0 Å². The molecule has 0 amide bonds. The first-order valence-electron chi connectivity index (χ1n) is 13.0. The van der Waals surface area contributed by atoms with Crippen molar-refractivity contribution < 1.29 is 31.6 Å². The van der Waals surface area contributed by atoms with Gasteiger partial charge in [-0.05, 0) is 48.4 Å². The molecule has 3 aromatic carbocycles. The zero-order chi connectivity index (χ0) is 29.5. The largest absolute Gasteiger partial charge is 0.379 e. The summed E-state index contributed by atoms with van der Waals surface area (Å²) in [7, 11) is -4.69. The van der Waals surface area contributed by atoms with Crippen LogP contribution in [0.5, 0.6) is 0 Å². The molecule has 1 aromatic heterocycles. The van der Waals surface area contributed by atoms with E-state index >= 15 is 0 Å². The normalized spacial score (nSPS) is 13.9. The standard InChI is InChI=1S/C29H27F2N5O5S/c30-23-5-10-28(26(31)17-23)42(38,39)36(41-20-37)25-8-6-24(7-9-25)34-29-18-27(32-19-33-29)22-3-1-21(2-4-22)11-12-35-13-15-40-16-14-35/h1-10,17-20H,11-16H2,(H,32,33,34). The van der Waals surface area contributed by atoms with E-state index < -0.39 is 26.6 Å². The molecule has 0 atom stereocenters. The molecular formula is C29H27F2N5O5S. The molecule has 0 radical (unpaired) electrons. The molecule has 4 aromatic rings. The SMILES string of the molecule is O=CON(c1ccc(Nc2cc(-c3ccc(CCN4CCOCC4)cc3)ncn2)cc1)S(=O)(=O)c1ccc(F)cc1F. The molecule has 0 saturated carbocycles. The highest BCUT2D eigenvalue weighted by Gasteiger charge is 2.30. The average Bonchev–Trinajstić information content (AvgIpc) is 3.00. The third kappa shape index (κ3) is 6.87. The van der Waals surface area contributed by atoms with Crippen LogP contribution in [0.3, 0.4) is 0 Å². The van der Waals surface area contributed by atoms with E-state index in [9.17, 15) is 22.0 Å². The fraction of sp³-hybridized carbons (Fsp3) is 0.207. The van der Waals surface area contributed by atoms with E-state index in [4.69, 9.17) is 4.74 Å². The number of aromatic nitrogens is 2. The Labute approximate surface area is 241 Å². The van der Waals surface area contributed by atoms with Crippen molar-refractivity contribution in [2.45, 2.75) is 11.3 Å². The van der Waals surface area contributed by atoms with Crippen molar-refractivity contribution in [2.24, 2.45) is 0 Å². The lowest BCUT2D eigenvalue weighted by Gasteiger charge is -2.26. The van der Waals surface area contributed by atoms with Gasteiger partial charge in [-0.1, -0.05) is 28.7 Å². The molecule has 5 rings (SSSR count). The molecule has 0 aliphatic carbocycles. The van der Waals surface area contributed by atoms with Gasteiger partial charge in [0.05, 0.1) is 24.6 Å². The van der Waals surface area contributed by atoms with Crippen LogP contribution in [0.4, 0.5) is 26.0 Å². The Balaban J connectivity index is 1.27. The summed E-state index contributed by atoms with van der Waals surface area (Å²) >= 11 is 0. The molecule has 0 spiro atoms. The van der Waals surface area contributed by atoms with E-state index in [1.165, 1.54) is 36.2 Å². The number of anilines is 3. The van der Waals surface area contributed by atoms with Crippen molar-refractivity contribution in [3.63, 3.8) is 0 Å². The molecule has 2 heterocycles. The van der Waals surface area contributed by atoms with Gasteiger partial charge in [0, 0.05) is 43.0 Å². The second-order valence-electron chi connectivity index (χ2n) is 9.37. The number of halogens is 2. The number of sulfonamides is 1. The predicted molar refractivity (Wildman–Crippen MR) is 151 cm³/mol. The molecule has 0 unspecified atom stereocenters. The number of carbonyl (C=O) groups is 1. The van der Waals surface area contributed by atoms with Crippen molar-refractivity contribution in [3.05, 3.63) is 96.3 Å². The van der Waals surface area contributed by atoms with Crippen molar-refractivity contribution in [3.8, 4) is 11.3 Å². The number of carbonyl (C=O) groups excluding carboxylic acids is 1. The molecule has 0 bridgehead atoms. The van der Waals surface area contributed by atoms with Crippen molar-refractivity contribution >= 4 is 33.7 Å². The molecule has 13 heteroatoms. The number of hydrogen-bond acceptors (Lipinski definition) is 9. The lowest BCUT2D eigenvalue weighted by atomic mass is 10.1. The molecule has 1 aliphatic rings. The van der Waals surface area contributed by atoms with Gasteiger partial charge in [0.2, 0.25) is 0 Å². The van der Waals surface area contributed by atoms with E-state index in [-0.39, 0.29) is 16.6 Å². The minimum absolute atomic E-state index is 0.0894. The van der Waals surface area contributed by atoms with Crippen molar-refractivity contribution in [1.82, 2.24) is 14.9 Å². The Morgan fingerprint density at radius 3 is 2.40 bits per heavy atom. The molecule has 218 valence electrons. The Hall–Kier alpha value is -4.46. The second kappa shape index (κ2) is 13.0. The summed E-state index contributed by atoms with van der Waals surface area (Å²) in [6.07, 6.45) is 2.38. The number of rotatable bonds is 11. The van der Waals surface area contributed by atoms with Crippen LogP contribution < -0.4 is 9.79 Å². The van der Waals surface area contributed by atoms with Crippen LogP contribution in [0, 0.1) is 11.6 Å². The van der Waals surface area contributed by atoms with Gasteiger partial charge in [-0.2, -0.15) is 8.42 Å². The van der Waals surface area contributed by atoms with Crippen LogP contribution in [0.15, 0.2) is 84.0 Å². The predicted octanol–water partition coefficient (Wildman–Crippen LogP) is 4.32. The number of benzene rings is 3. The highest BCUT2D eigenvalue weighted by molar-refractivity contribution is 7.92. The average molecular weight is 596 g/mol. The topological polar surface area (TPSA) is 114 Å². The van der Waals surface area contributed by atoms with Crippen LogP contribution in [0.2, 0.25) is 0 Å². The highest BCUT2D eigenvalue weighted by atomic mass is 32.2. The lowest BCUT2D eigenvalue weighted by Crippen LogP contribution is -2.37. The third-order valence-electron chi connectivity index (χ3n) is 6.62. The van der Waals surface area contributed by atoms with E-state index in [1.54, 1.807) is 6.07 Å². The molecule has 1 aliphatic heterocycles. The molecule has 10 nitrogen and oxygen atoms in total. The van der Waals surface area contributed by atoms with Crippen molar-refractivity contribution in [1.29, 1.82) is 0 Å². The van der Waals surface area contributed by atoms with Gasteiger partial charge < -0.3 is 14.9 Å². The zero-order valence-electron chi connectivity index (χ0n) is 22.3. The first-order chi connectivity index (χ1) is 20.3. The summed E-state index contributed by atoms with van der Waals surface area (Å²) in [6, 6.07) is 17.7. The number of morpholine rings is 1. The second-order valence-corrected chi connectivity index (χ2v) is 11.1. The van der Waals surface area contributed by atoms with Crippen LogP contribution >= 0.6 is 0 Å². The maximum atomic E-state index is 14.2. The molecule has 1 saturated heterocycles. The Morgan fingerprint density at radius 2 is 1.71 bits per heavy atom. The maximum Gasteiger partial charge on any atom is 0.322 e. The third-order valence-corrected chi connectivity index (χ3v) is 8.24. The Kier molecular flexibility index (Phi) is 9.00. The summed E-state index contributed by atoms with van der Waals surface area (Å²) in [5.74, 6) is -1.78. The monoisotopic (exact) mass is 595 g/mol. The summed E-state index contributed by atoms with van der Waals surface area (Å²) in [6.45, 7) is 4.35. The number of nitrogens with zero attached hydrogens (tertiary/aromatic N) is 4. The minimum atomic E-state index is -4.69. The van der Waals surface area contributed by atoms with Gasteiger partial charge in [-0.3, -0.25) is 9.69 Å². The molecule has 1 N–H and O–H groups in total. The first kappa shape index (κ1) is 29.0. The van der Waals surface area contributed by atoms with Gasteiger partial charge in [0.25, 0.3) is 10.0 Å². The minimum Gasteiger partial charge on any atom is -0.379 e. The van der Waals surface area contributed by atoms with E-state index in [1.807, 2.05) is 12.1 Å². The molecule has 42 heavy (non-hydrogen) atoms. The fourth-order valence-electron chi connectivity index (χ4n) is 4.42. The smallest absolute Gasteiger partial charge is 0.322 e. The summed E-state index contributed by atoms with van der Waals surface area (Å²) in [5, 5.41) is 3.12. The summed E-state index contributed by atoms with van der Waals surface area (Å²) in [4.78, 5) is 25.9. The lowest BCUT2D eigenvalue weighted by molar-refractivity contribution is -0.128. The van der Waals surface area contributed by atoms with E-state index in [0.29, 0.717) is 23.3 Å². The fourth-order valence-corrected chi connectivity index (χ4v) is 5.69. The Morgan fingerprint density at radius 1 is 0.976 bits per heavy atom. The molecular weight excluding hydrogens is 568 g/mol. The zero-order valence-corrected chi connectivity index (χ0v) is 23.1. The van der Waals surface area contributed by atoms with Crippen molar-refractivity contribution in [2.75, 3.05) is 42.6 Å². The van der Waals surface area contributed by atoms with Crippen LogP contribution in [0.25, 0.3) is 11.3 Å². The summed E-state index contributed by atoms with van der Waals surface area (Å²) < 4.78 is 59.1. The van der Waals surface area contributed by atoms with Gasteiger partial charge in [-0.15, -0.1) is 0 Å². The molecule has 1 fully saturated rings. The number of ether oxygens (including phenoxy) is 1. The quantitative estimate of drug-likeness (QED) is 0.200. The van der Waals surface area contributed by atoms with Crippen LogP contribution in [0.1, 0.15) is 5.56 Å². The maximum absolute atomic E-state index is 14.2. The van der Waals surface area contributed by atoms with E-state index in [2.05, 4.69) is 37.2 Å². The number of hydrogen-bond donors (Lipinski definition) is 1. The van der Waals surface area contributed by atoms with Gasteiger partial charge in [0.1, 0.15) is 28.7 Å².